The van der Waals surface area contributed by atoms with Crippen molar-refractivity contribution < 1.29 is 13.2 Å². The highest BCUT2D eigenvalue weighted by Gasteiger charge is 2.39. The Morgan fingerprint density at radius 1 is 1.10 bits per heavy atom. The molecule has 3 heterocycles. The molecule has 1 N–H and O–H groups in total. The third-order valence-corrected chi connectivity index (χ3v) is 9.35. The van der Waals surface area contributed by atoms with Crippen molar-refractivity contribution in [1.82, 2.24) is 14.5 Å². The maximum Gasteiger partial charge on any atom is 0.243 e. The molecule has 1 aromatic carbocycles. The van der Waals surface area contributed by atoms with E-state index in [4.69, 9.17) is 0 Å². The van der Waals surface area contributed by atoms with E-state index in [2.05, 4.69) is 28.6 Å². The van der Waals surface area contributed by atoms with Gasteiger partial charge in [-0.15, -0.1) is 11.3 Å². The van der Waals surface area contributed by atoms with Crippen LogP contribution in [0.25, 0.3) is 0 Å². The number of amides is 1. The number of nitrogens with zero attached hydrogens (tertiary/aromatic N) is 2. The molecule has 1 aromatic heterocycles. The molecule has 2 fully saturated rings. The summed E-state index contributed by atoms with van der Waals surface area (Å²) in [7, 11) is -3.68. The number of carbonyl (C=O) groups is 1. The molecule has 1 amide bonds. The number of hydrogen-bond acceptors (Lipinski definition) is 5. The smallest absolute Gasteiger partial charge is 0.243 e. The van der Waals surface area contributed by atoms with Gasteiger partial charge in [0, 0.05) is 18.0 Å². The highest BCUT2D eigenvalue weighted by molar-refractivity contribution is 7.89. The van der Waals surface area contributed by atoms with E-state index in [0.717, 1.165) is 19.0 Å². The van der Waals surface area contributed by atoms with Crippen LogP contribution in [-0.2, 0) is 14.8 Å². The fraction of sp³-hybridized carbons (Fsp3) is 0.522. The van der Waals surface area contributed by atoms with Gasteiger partial charge in [-0.05, 0) is 68.3 Å². The Labute approximate surface area is 189 Å². The molecule has 168 valence electrons. The van der Waals surface area contributed by atoms with Crippen molar-refractivity contribution in [3.63, 3.8) is 0 Å². The van der Waals surface area contributed by atoms with Gasteiger partial charge >= 0.3 is 0 Å². The summed E-state index contributed by atoms with van der Waals surface area (Å²) in [5.41, 5.74) is 0. The van der Waals surface area contributed by atoms with E-state index in [-0.39, 0.29) is 16.8 Å². The number of rotatable bonds is 7. The standard InChI is InChI=1S/C23H31N3O3S2/c1-18-11-14-25(15-12-18)21(22-10-6-16-30-22)17-24-23(27)20-9-5-13-26(20)31(28,29)19-7-3-2-4-8-19/h2-4,6-8,10,16,18,20-21H,5,9,11-15,17H2,1H3,(H,24,27). The van der Waals surface area contributed by atoms with Gasteiger partial charge < -0.3 is 5.32 Å². The lowest BCUT2D eigenvalue weighted by Crippen LogP contribution is -2.48. The number of thiophene rings is 1. The number of piperidine rings is 1. The van der Waals surface area contributed by atoms with Crippen molar-refractivity contribution in [2.75, 3.05) is 26.2 Å². The molecule has 8 heteroatoms. The minimum atomic E-state index is -3.68. The van der Waals surface area contributed by atoms with Crippen molar-refractivity contribution in [3.8, 4) is 0 Å². The van der Waals surface area contributed by atoms with Gasteiger partial charge in [-0.1, -0.05) is 31.2 Å². The molecule has 0 bridgehead atoms. The molecule has 2 unspecified atom stereocenters. The van der Waals surface area contributed by atoms with Gasteiger partial charge in [-0.25, -0.2) is 8.42 Å². The first kappa shape index (κ1) is 22.5. The summed E-state index contributed by atoms with van der Waals surface area (Å²) in [6, 6.07) is 12.1. The third kappa shape index (κ3) is 5.03. The summed E-state index contributed by atoms with van der Waals surface area (Å²) < 4.78 is 27.6. The summed E-state index contributed by atoms with van der Waals surface area (Å²) >= 11 is 1.71. The average molecular weight is 462 g/mol. The fourth-order valence-corrected chi connectivity index (χ4v) is 7.10. The third-order valence-electron chi connectivity index (χ3n) is 6.46. The van der Waals surface area contributed by atoms with Crippen molar-refractivity contribution in [2.45, 2.75) is 49.6 Å². The van der Waals surface area contributed by atoms with Crippen LogP contribution in [0.15, 0.2) is 52.7 Å². The predicted molar refractivity (Wildman–Crippen MR) is 123 cm³/mol. The second kappa shape index (κ2) is 9.81. The van der Waals surface area contributed by atoms with Crippen molar-refractivity contribution in [1.29, 1.82) is 0 Å². The summed E-state index contributed by atoms with van der Waals surface area (Å²) in [6.07, 6.45) is 3.59. The molecular formula is C23H31N3O3S2. The van der Waals surface area contributed by atoms with Crippen LogP contribution in [0.5, 0.6) is 0 Å². The molecule has 6 nitrogen and oxygen atoms in total. The van der Waals surface area contributed by atoms with E-state index >= 15 is 0 Å². The number of hydrogen-bond donors (Lipinski definition) is 1. The average Bonchev–Trinajstić information content (AvgIpc) is 3.48. The lowest BCUT2D eigenvalue weighted by atomic mass is 9.97. The number of nitrogens with one attached hydrogen (secondary N) is 1. The van der Waals surface area contributed by atoms with Crippen LogP contribution < -0.4 is 5.32 Å². The molecule has 2 atom stereocenters. The topological polar surface area (TPSA) is 69.7 Å². The van der Waals surface area contributed by atoms with Crippen LogP contribution in [0.4, 0.5) is 0 Å². The van der Waals surface area contributed by atoms with Crippen LogP contribution >= 0.6 is 11.3 Å². The predicted octanol–water partition coefficient (Wildman–Crippen LogP) is 3.49. The number of likely N-dealkylation sites (tertiary alicyclic amines) is 1. The molecule has 0 saturated carbocycles. The van der Waals surface area contributed by atoms with E-state index in [9.17, 15) is 13.2 Å². The van der Waals surface area contributed by atoms with E-state index in [0.29, 0.717) is 25.9 Å². The molecule has 2 saturated heterocycles. The minimum Gasteiger partial charge on any atom is -0.353 e. The van der Waals surface area contributed by atoms with E-state index in [1.165, 1.54) is 22.0 Å². The largest absolute Gasteiger partial charge is 0.353 e. The molecule has 2 aliphatic rings. The van der Waals surface area contributed by atoms with E-state index in [1.54, 1.807) is 41.7 Å². The lowest BCUT2D eigenvalue weighted by Gasteiger charge is -2.36. The van der Waals surface area contributed by atoms with Crippen LogP contribution in [0.1, 0.15) is 43.5 Å². The molecule has 2 aromatic rings. The summed E-state index contributed by atoms with van der Waals surface area (Å²) in [4.78, 5) is 17.1. The molecule has 4 rings (SSSR count). The zero-order valence-electron chi connectivity index (χ0n) is 17.9. The zero-order chi connectivity index (χ0) is 21.8. The molecular weight excluding hydrogens is 430 g/mol. The molecule has 0 radical (unpaired) electrons. The lowest BCUT2D eigenvalue weighted by molar-refractivity contribution is -0.124. The summed E-state index contributed by atoms with van der Waals surface area (Å²) in [6.45, 7) is 5.23. The molecule has 0 aliphatic carbocycles. The zero-order valence-corrected chi connectivity index (χ0v) is 19.6. The van der Waals surface area contributed by atoms with Crippen LogP contribution in [0.3, 0.4) is 0 Å². The Balaban J connectivity index is 1.45. The van der Waals surface area contributed by atoms with Gasteiger partial charge in [0.05, 0.1) is 10.9 Å². The van der Waals surface area contributed by atoms with Gasteiger partial charge in [-0.2, -0.15) is 4.31 Å². The maximum atomic E-state index is 13.1. The van der Waals surface area contributed by atoms with Crippen molar-refractivity contribution in [2.24, 2.45) is 5.92 Å². The van der Waals surface area contributed by atoms with E-state index in [1.807, 2.05) is 6.07 Å². The summed E-state index contributed by atoms with van der Waals surface area (Å²) in [5, 5.41) is 5.17. The number of benzene rings is 1. The van der Waals surface area contributed by atoms with Gasteiger partial charge in [0.25, 0.3) is 0 Å². The van der Waals surface area contributed by atoms with Gasteiger partial charge in [-0.3, -0.25) is 9.69 Å². The monoisotopic (exact) mass is 461 g/mol. The Bertz CT molecular complexity index is 955. The van der Waals surface area contributed by atoms with Crippen molar-refractivity contribution in [3.05, 3.63) is 52.7 Å². The highest BCUT2D eigenvalue weighted by Crippen LogP contribution is 2.30. The van der Waals surface area contributed by atoms with Crippen molar-refractivity contribution >= 4 is 27.3 Å². The SMILES string of the molecule is CC1CCN(C(CNC(=O)C2CCCN2S(=O)(=O)c2ccccc2)c2cccs2)CC1. The van der Waals surface area contributed by atoms with E-state index < -0.39 is 16.1 Å². The van der Waals surface area contributed by atoms with Gasteiger partial charge in [0.15, 0.2) is 0 Å². The quantitative estimate of drug-likeness (QED) is 0.685. The second-order valence-electron chi connectivity index (χ2n) is 8.58. The number of sulfonamides is 1. The maximum absolute atomic E-state index is 13.1. The minimum absolute atomic E-state index is 0.136. The second-order valence-corrected chi connectivity index (χ2v) is 11.5. The molecule has 0 spiro atoms. The first-order valence-corrected chi connectivity index (χ1v) is 13.4. The first-order chi connectivity index (χ1) is 15.0. The highest BCUT2D eigenvalue weighted by atomic mass is 32.2. The van der Waals surface area contributed by atoms with Gasteiger partial charge in [0.2, 0.25) is 15.9 Å². The summed E-state index contributed by atoms with van der Waals surface area (Å²) in [5.74, 6) is 0.550. The molecule has 2 aliphatic heterocycles. The Hall–Kier alpha value is -1.74. The first-order valence-electron chi connectivity index (χ1n) is 11.1. The number of carbonyl (C=O) groups excluding carboxylic acids is 1. The Kier molecular flexibility index (Phi) is 7.11. The normalized spacial score (nSPS) is 22.4. The van der Waals surface area contributed by atoms with Gasteiger partial charge in [0.1, 0.15) is 6.04 Å². The Morgan fingerprint density at radius 2 is 1.84 bits per heavy atom. The van der Waals surface area contributed by atoms with Crippen LogP contribution in [0.2, 0.25) is 0 Å². The molecule has 31 heavy (non-hydrogen) atoms. The Morgan fingerprint density at radius 3 is 2.52 bits per heavy atom. The fourth-order valence-electron chi connectivity index (χ4n) is 4.56. The van der Waals surface area contributed by atoms with Crippen LogP contribution in [0, 0.1) is 5.92 Å². The van der Waals surface area contributed by atoms with Crippen LogP contribution in [-0.4, -0.2) is 55.8 Å².